The van der Waals surface area contributed by atoms with E-state index in [1.54, 1.807) is 0 Å². The summed E-state index contributed by atoms with van der Waals surface area (Å²) in [5.41, 5.74) is 2.71. The molecule has 0 fully saturated rings. The minimum absolute atomic E-state index is 1.05. The molecule has 0 heteroatoms. The number of hydrogen-bond acceptors (Lipinski definition) is 0. The Hall–Kier alpha value is -1.30. The molecule has 0 aliphatic heterocycles. The standard InChI is InChI=1S/C13H16/c1-3-8-12(4-2)11-13-9-6-5-7-10-13/h3,5-9,11H,1,4,10H2,2H3/b12-8-,13-11-. The van der Waals surface area contributed by atoms with Crippen LogP contribution in [-0.2, 0) is 0 Å². The monoisotopic (exact) mass is 172 g/mol. The summed E-state index contributed by atoms with van der Waals surface area (Å²) in [4.78, 5) is 0. The van der Waals surface area contributed by atoms with Crippen LogP contribution in [-0.4, -0.2) is 0 Å². The zero-order valence-corrected chi connectivity index (χ0v) is 8.16. The first-order chi connectivity index (χ1) is 6.36. The highest BCUT2D eigenvalue weighted by Crippen LogP contribution is 2.14. The molecular weight excluding hydrogens is 156 g/mol. The average molecular weight is 172 g/mol. The maximum Gasteiger partial charge on any atom is -0.00942 e. The van der Waals surface area contributed by atoms with Crippen molar-refractivity contribution in [1.82, 2.24) is 0 Å². The van der Waals surface area contributed by atoms with Crippen LogP contribution >= 0.6 is 0 Å². The van der Waals surface area contributed by atoms with Crippen LogP contribution in [0.25, 0.3) is 0 Å². The molecule has 1 aliphatic carbocycles. The summed E-state index contributed by atoms with van der Waals surface area (Å²) in [6, 6.07) is 0. The maximum absolute atomic E-state index is 3.70. The first-order valence-electron chi connectivity index (χ1n) is 4.72. The second kappa shape index (κ2) is 5.36. The van der Waals surface area contributed by atoms with Gasteiger partial charge in [-0.15, -0.1) is 0 Å². The van der Waals surface area contributed by atoms with Crippen molar-refractivity contribution in [1.29, 1.82) is 0 Å². The molecule has 68 valence electrons. The molecule has 0 saturated heterocycles. The lowest BCUT2D eigenvalue weighted by Crippen LogP contribution is -1.83. The van der Waals surface area contributed by atoms with Crippen LogP contribution in [0, 0.1) is 0 Å². The third-order valence-electron chi connectivity index (χ3n) is 2.02. The average Bonchev–Trinajstić information content (AvgIpc) is 2.19. The Bertz CT molecular complexity index is 285. The van der Waals surface area contributed by atoms with Crippen LogP contribution in [0.4, 0.5) is 0 Å². The second-order valence-corrected chi connectivity index (χ2v) is 3.04. The van der Waals surface area contributed by atoms with Crippen LogP contribution in [0.2, 0.25) is 0 Å². The summed E-state index contributed by atoms with van der Waals surface area (Å²) >= 11 is 0. The summed E-state index contributed by atoms with van der Waals surface area (Å²) in [6.07, 6.45) is 16.8. The van der Waals surface area contributed by atoms with Gasteiger partial charge >= 0.3 is 0 Å². The number of allylic oxidation sites excluding steroid dienone is 9. The van der Waals surface area contributed by atoms with E-state index >= 15 is 0 Å². The molecule has 0 radical (unpaired) electrons. The highest BCUT2D eigenvalue weighted by atomic mass is 14.0. The first kappa shape index (κ1) is 9.79. The predicted octanol–water partition coefficient (Wildman–Crippen LogP) is 3.95. The molecule has 0 nitrogen and oxygen atoms in total. The lowest BCUT2D eigenvalue weighted by molar-refractivity contribution is 1.13. The van der Waals surface area contributed by atoms with Crippen molar-refractivity contribution in [2.75, 3.05) is 0 Å². The van der Waals surface area contributed by atoms with Crippen LogP contribution < -0.4 is 0 Å². The Morgan fingerprint density at radius 2 is 2.38 bits per heavy atom. The van der Waals surface area contributed by atoms with E-state index in [2.05, 4.69) is 50.0 Å². The van der Waals surface area contributed by atoms with E-state index in [1.165, 1.54) is 11.1 Å². The lowest BCUT2D eigenvalue weighted by atomic mass is 10.0. The van der Waals surface area contributed by atoms with Gasteiger partial charge in [-0.3, -0.25) is 0 Å². The summed E-state index contributed by atoms with van der Waals surface area (Å²) in [5, 5.41) is 0. The molecule has 0 atom stereocenters. The van der Waals surface area contributed by atoms with Crippen molar-refractivity contribution < 1.29 is 0 Å². The molecular formula is C13H16. The van der Waals surface area contributed by atoms with Gasteiger partial charge in [0.05, 0.1) is 0 Å². The van der Waals surface area contributed by atoms with E-state index in [1.807, 2.05) is 6.08 Å². The fourth-order valence-electron chi connectivity index (χ4n) is 1.29. The number of rotatable bonds is 3. The smallest absolute Gasteiger partial charge is 0.00942 e. The van der Waals surface area contributed by atoms with Gasteiger partial charge in [-0.2, -0.15) is 0 Å². The molecule has 0 aromatic rings. The van der Waals surface area contributed by atoms with E-state index in [0.717, 1.165) is 12.8 Å². The molecule has 1 aliphatic rings. The third-order valence-corrected chi connectivity index (χ3v) is 2.02. The zero-order chi connectivity index (χ0) is 9.52. The van der Waals surface area contributed by atoms with Crippen molar-refractivity contribution in [3.05, 3.63) is 60.3 Å². The van der Waals surface area contributed by atoms with Gasteiger partial charge in [0.25, 0.3) is 0 Å². The van der Waals surface area contributed by atoms with Crippen LogP contribution in [0.1, 0.15) is 19.8 Å². The normalized spacial score (nSPS) is 19.5. The molecule has 1 rings (SSSR count). The van der Waals surface area contributed by atoms with Gasteiger partial charge in [-0.1, -0.05) is 56.0 Å². The summed E-state index contributed by atoms with van der Waals surface area (Å²) < 4.78 is 0. The van der Waals surface area contributed by atoms with Gasteiger partial charge in [0.2, 0.25) is 0 Å². The second-order valence-electron chi connectivity index (χ2n) is 3.04. The molecule has 0 bridgehead atoms. The minimum atomic E-state index is 1.05. The van der Waals surface area contributed by atoms with E-state index in [0.29, 0.717) is 0 Å². The van der Waals surface area contributed by atoms with Crippen LogP contribution in [0.15, 0.2) is 60.3 Å². The van der Waals surface area contributed by atoms with E-state index in [4.69, 9.17) is 0 Å². The van der Waals surface area contributed by atoms with E-state index in [-0.39, 0.29) is 0 Å². The van der Waals surface area contributed by atoms with Crippen molar-refractivity contribution in [2.24, 2.45) is 0 Å². The van der Waals surface area contributed by atoms with E-state index < -0.39 is 0 Å². The van der Waals surface area contributed by atoms with Gasteiger partial charge in [0.15, 0.2) is 0 Å². The predicted molar refractivity (Wildman–Crippen MR) is 59.6 cm³/mol. The number of hydrogen-bond donors (Lipinski definition) is 0. The van der Waals surface area contributed by atoms with Gasteiger partial charge in [-0.05, 0) is 24.0 Å². The van der Waals surface area contributed by atoms with Crippen molar-refractivity contribution in [3.63, 3.8) is 0 Å². The third kappa shape index (κ3) is 3.29. The molecule has 0 unspecified atom stereocenters. The molecule has 0 aromatic carbocycles. The Morgan fingerprint density at radius 3 is 2.92 bits per heavy atom. The Morgan fingerprint density at radius 1 is 1.54 bits per heavy atom. The Kier molecular flexibility index (Phi) is 4.04. The Labute approximate surface area is 80.7 Å². The van der Waals surface area contributed by atoms with Gasteiger partial charge in [0, 0.05) is 0 Å². The first-order valence-corrected chi connectivity index (χ1v) is 4.72. The quantitative estimate of drug-likeness (QED) is 0.565. The lowest BCUT2D eigenvalue weighted by Gasteiger charge is -2.03. The minimum Gasteiger partial charge on any atom is -0.0991 e. The van der Waals surface area contributed by atoms with Gasteiger partial charge in [0.1, 0.15) is 0 Å². The zero-order valence-electron chi connectivity index (χ0n) is 8.16. The molecule has 0 amide bonds. The Balaban J connectivity index is 2.73. The van der Waals surface area contributed by atoms with Crippen LogP contribution in [0.3, 0.4) is 0 Å². The van der Waals surface area contributed by atoms with Gasteiger partial charge < -0.3 is 0 Å². The highest BCUT2D eigenvalue weighted by Gasteiger charge is 1.94. The maximum atomic E-state index is 3.70. The molecule has 0 N–H and O–H groups in total. The van der Waals surface area contributed by atoms with Crippen molar-refractivity contribution in [3.8, 4) is 0 Å². The summed E-state index contributed by atoms with van der Waals surface area (Å²) in [7, 11) is 0. The highest BCUT2D eigenvalue weighted by molar-refractivity contribution is 5.36. The molecule has 0 aromatic heterocycles. The molecule has 13 heavy (non-hydrogen) atoms. The van der Waals surface area contributed by atoms with Crippen molar-refractivity contribution >= 4 is 0 Å². The molecule has 0 spiro atoms. The molecule has 0 saturated carbocycles. The summed E-state index contributed by atoms with van der Waals surface area (Å²) in [6.45, 7) is 5.87. The fourth-order valence-corrected chi connectivity index (χ4v) is 1.29. The topological polar surface area (TPSA) is 0 Å². The molecule has 0 heterocycles. The van der Waals surface area contributed by atoms with Gasteiger partial charge in [-0.25, -0.2) is 0 Å². The fraction of sp³-hybridized carbons (Fsp3) is 0.231. The van der Waals surface area contributed by atoms with Crippen LogP contribution in [0.5, 0.6) is 0 Å². The van der Waals surface area contributed by atoms with Crippen molar-refractivity contribution in [2.45, 2.75) is 19.8 Å². The summed E-state index contributed by atoms with van der Waals surface area (Å²) in [5.74, 6) is 0. The SMILES string of the molecule is C=C/C=C(\C=C1\C=CC=CC1)CC. The largest absolute Gasteiger partial charge is 0.0991 e. The van der Waals surface area contributed by atoms with E-state index in [9.17, 15) is 0 Å².